The average Bonchev–Trinajstić information content (AvgIpc) is 3.68. The van der Waals surface area contributed by atoms with Crippen LogP contribution in [-0.4, -0.2) is 19.1 Å². The molecule has 3 heterocycles. The molecule has 0 atom stereocenters. The summed E-state index contributed by atoms with van der Waals surface area (Å²) in [7, 11) is 0. The van der Waals surface area contributed by atoms with Crippen molar-refractivity contribution in [2.45, 2.75) is 0 Å². The molecule has 0 N–H and O–H groups in total. The maximum atomic E-state index is 5.36. The highest BCUT2D eigenvalue weighted by Crippen LogP contribution is 2.36. The molecule has 0 saturated heterocycles. The molecule has 4 heteroatoms. The van der Waals surface area contributed by atoms with Crippen LogP contribution in [0.5, 0.6) is 0 Å². The smallest absolute Gasteiger partial charge is 0.235 e. The van der Waals surface area contributed by atoms with Gasteiger partial charge in [0.05, 0.1) is 22.2 Å². The van der Waals surface area contributed by atoms with Gasteiger partial charge in [-0.05, 0) is 52.2 Å². The largest absolute Gasteiger partial charge is 0.321 e. The molecule has 0 aliphatic carbocycles. The number of hydrogen-bond acceptors (Lipinski definition) is 2. The molecule has 0 radical (unpaired) electrons. The van der Waals surface area contributed by atoms with Gasteiger partial charge in [0, 0.05) is 39.8 Å². The van der Waals surface area contributed by atoms with Crippen molar-refractivity contribution in [3.05, 3.63) is 158 Å². The molecule has 0 saturated carbocycles. The van der Waals surface area contributed by atoms with E-state index < -0.39 is 0 Å². The molecule has 0 spiro atoms. The summed E-state index contributed by atoms with van der Waals surface area (Å²) in [5.41, 5.74) is 8.48. The molecule has 0 fully saturated rings. The minimum atomic E-state index is 0.659. The summed E-state index contributed by atoms with van der Waals surface area (Å²) in [5, 5.41) is 5.85. The second-order valence-corrected chi connectivity index (χ2v) is 11.1. The van der Waals surface area contributed by atoms with Crippen LogP contribution < -0.4 is 0 Å². The van der Waals surface area contributed by atoms with Crippen molar-refractivity contribution in [3.63, 3.8) is 0 Å². The first-order chi connectivity index (χ1) is 21.8. The summed E-state index contributed by atoms with van der Waals surface area (Å²) < 4.78 is 4.34. The molecule has 0 bridgehead atoms. The Morgan fingerprint density at radius 3 is 1.89 bits per heavy atom. The van der Waals surface area contributed by atoms with Crippen molar-refractivity contribution >= 4 is 43.5 Å². The number of rotatable bonds is 4. The second-order valence-electron chi connectivity index (χ2n) is 11.1. The maximum Gasteiger partial charge on any atom is 0.235 e. The van der Waals surface area contributed by atoms with E-state index in [2.05, 4.69) is 161 Å². The Kier molecular flexibility index (Phi) is 5.47. The van der Waals surface area contributed by atoms with Gasteiger partial charge >= 0.3 is 0 Å². The lowest BCUT2D eigenvalue weighted by atomic mass is 9.96. The molecular formula is C40H26N4. The normalized spacial score (nSPS) is 11.6. The number of hydrogen-bond donors (Lipinski definition) is 0. The highest BCUT2D eigenvalue weighted by molar-refractivity contribution is 6.09. The quantitative estimate of drug-likeness (QED) is 0.214. The first kappa shape index (κ1) is 24.6. The lowest BCUT2D eigenvalue weighted by Gasteiger charge is -2.12. The Morgan fingerprint density at radius 2 is 1.09 bits per heavy atom. The fraction of sp³-hybridized carbons (Fsp3) is 0. The van der Waals surface area contributed by atoms with Crippen LogP contribution in [0.2, 0.25) is 0 Å². The average molecular weight is 563 g/mol. The van der Waals surface area contributed by atoms with Crippen LogP contribution in [0.15, 0.2) is 158 Å². The van der Waals surface area contributed by atoms with E-state index in [4.69, 9.17) is 9.97 Å². The third-order valence-corrected chi connectivity index (χ3v) is 8.56. The lowest BCUT2D eigenvalue weighted by molar-refractivity contribution is 1.01. The predicted octanol–water partition coefficient (Wildman–Crippen LogP) is 10.0. The molecule has 0 aliphatic rings. The number of para-hydroxylation sites is 3. The van der Waals surface area contributed by atoms with Gasteiger partial charge in [-0.3, -0.25) is 4.57 Å². The van der Waals surface area contributed by atoms with Crippen molar-refractivity contribution in [3.8, 4) is 34.0 Å². The summed E-state index contributed by atoms with van der Waals surface area (Å²) in [6.07, 6.45) is 4.27. The van der Waals surface area contributed by atoms with E-state index >= 15 is 0 Å². The molecule has 9 aromatic rings. The number of benzene rings is 6. The maximum absolute atomic E-state index is 5.36. The van der Waals surface area contributed by atoms with E-state index in [0.29, 0.717) is 5.95 Å². The molecule has 44 heavy (non-hydrogen) atoms. The van der Waals surface area contributed by atoms with Crippen LogP contribution in [0.3, 0.4) is 0 Å². The van der Waals surface area contributed by atoms with Crippen molar-refractivity contribution in [2.24, 2.45) is 0 Å². The Morgan fingerprint density at radius 1 is 0.455 bits per heavy atom. The molecule has 9 rings (SSSR count). The van der Waals surface area contributed by atoms with Crippen molar-refractivity contribution in [2.75, 3.05) is 0 Å². The van der Waals surface area contributed by atoms with E-state index in [1.54, 1.807) is 0 Å². The van der Waals surface area contributed by atoms with Gasteiger partial charge < -0.3 is 4.57 Å². The Labute approximate surface area is 254 Å². The van der Waals surface area contributed by atoms with Gasteiger partial charge in [0.25, 0.3) is 0 Å². The monoisotopic (exact) mass is 562 g/mol. The van der Waals surface area contributed by atoms with Gasteiger partial charge in [-0.15, -0.1) is 0 Å². The Hall–Kier alpha value is -6.00. The first-order valence-corrected chi connectivity index (χ1v) is 14.8. The number of fused-ring (bicyclic) bond motifs is 5. The Balaban J connectivity index is 1.32. The SMILES string of the molecule is c1ccc(-n2cc3nc(-n4c5ccccc5c5ccccc54)nc(-c4cccc(-c5cccc6ccccc56)c4)c3c2)cc1. The van der Waals surface area contributed by atoms with Gasteiger partial charge in [0.1, 0.15) is 0 Å². The van der Waals surface area contributed by atoms with Gasteiger partial charge in [0.2, 0.25) is 5.95 Å². The summed E-state index contributed by atoms with van der Waals surface area (Å²) in [4.78, 5) is 10.6. The fourth-order valence-corrected chi connectivity index (χ4v) is 6.53. The molecular weight excluding hydrogens is 536 g/mol. The van der Waals surface area contributed by atoms with Gasteiger partial charge in [0.15, 0.2) is 0 Å². The molecule has 0 amide bonds. The highest BCUT2D eigenvalue weighted by Gasteiger charge is 2.19. The summed E-state index contributed by atoms with van der Waals surface area (Å²) >= 11 is 0. The molecule has 0 aliphatic heterocycles. The number of nitrogens with zero attached hydrogens (tertiary/aromatic N) is 4. The van der Waals surface area contributed by atoms with Gasteiger partial charge in [-0.25, -0.2) is 9.97 Å². The van der Waals surface area contributed by atoms with Crippen LogP contribution in [0.1, 0.15) is 0 Å². The van der Waals surface area contributed by atoms with E-state index in [1.807, 2.05) is 6.07 Å². The zero-order valence-corrected chi connectivity index (χ0v) is 23.8. The summed E-state index contributed by atoms with van der Waals surface area (Å²) in [5.74, 6) is 0.659. The van der Waals surface area contributed by atoms with E-state index in [9.17, 15) is 0 Å². The molecule has 6 aromatic carbocycles. The molecule has 4 nitrogen and oxygen atoms in total. The fourth-order valence-electron chi connectivity index (χ4n) is 6.53. The van der Waals surface area contributed by atoms with Crippen LogP contribution in [0.4, 0.5) is 0 Å². The topological polar surface area (TPSA) is 35.6 Å². The van der Waals surface area contributed by atoms with Gasteiger partial charge in [-0.2, -0.15) is 0 Å². The van der Waals surface area contributed by atoms with E-state index in [-0.39, 0.29) is 0 Å². The zero-order valence-electron chi connectivity index (χ0n) is 23.8. The van der Waals surface area contributed by atoms with E-state index in [0.717, 1.165) is 44.4 Å². The molecule has 0 unspecified atom stereocenters. The minimum absolute atomic E-state index is 0.659. The predicted molar refractivity (Wildman–Crippen MR) is 182 cm³/mol. The highest BCUT2D eigenvalue weighted by atomic mass is 15.2. The second kappa shape index (κ2) is 9.79. The van der Waals surface area contributed by atoms with Crippen LogP contribution >= 0.6 is 0 Å². The van der Waals surface area contributed by atoms with Crippen molar-refractivity contribution in [1.82, 2.24) is 19.1 Å². The summed E-state index contributed by atoms with van der Waals surface area (Å²) in [6.45, 7) is 0. The third-order valence-electron chi connectivity index (χ3n) is 8.56. The van der Waals surface area contributed by atoms with Crippen molar-refractivity contribution in [1.29, 1.82) is 0 Å². The van der Waals surface area contributed by atoms with Crippen LogP contribution in [0.25, 0.3) is 77.5 Å². The third kappa shape index (κ3) is 3.85. The Bertz CT molecular complexity index is 2440. The first-order valence-electron chi connectivity index (χ1n) is 14.8. The standard InChI is InChI=1S/C40H26N4/c1-2-16-30(17-3-1)43-25-35-36(26-43)41-40(44-37-22-8-6-19-33(37)34-20-7-9-23-38(34)44)42-39(35)29-15-10-14-28(24-29)32-21-11-13-27-12-4-5-18-31(27)32/h1-26H. The summed E-state index contributed by atoms with van der Waals surface area (Å²) in [6, 6.07) is 51.2. The van der Waals surface area contributed by atoms with Crippen LogP contribution in [-0.2, 0) is 0 Å². The van der Waals surface area contributed by atoms with Crippen LogP contribution in [0, 0.1) is 0 Å². The number of aromatic nitrogens is 4. The zero-order chi connectivity index (χ0) is 29.0. The van der Waals surface area contributed by atoms with Crippen molar-refractivity contribution < 1.29 is 0 Å². The van der Waals surface area contributed by atoms with Gasteiger partial charge in [-0.1, -0.05) is 115 Å². The molecule has 3 aromatic heterocycles. The molecule has 206 valence electrons. The minimum Gasteiger partial charge on any atom is -0.321 e. The lowest BCUT2D eigenvalue weighted by Crippen LogP contribution is -2.02. The van der Waals surface area contributed by atoms with E-state index in [1.165, 1.54) is 27.1 Å².